The summed E-state index contributed by atoms with van der Waals surface area (Å²) in [5, 5.41) is 8.92. The minimum atomic E-state index is 0.0361. The van der Waals surface area contributed by atoms with Gasteiger partial charge in [0.2, 0.25) is 0 Å². The summed E-state index contributed by atoms with van der Waals surface area (Å²) in [7, 11) is 0.0361. The summed E-state index contributed by atoms with van der Waals surface area (Å²) in [6.07, 6.45) is 0. The third-order valence-electron chi connectivity index (χ3n) is 4.55. The molecular weight excluding hydrogens is 325 g/mol. The summed E-state index contributed by atoms with van der Waals surface area (Å²) in [5.41, 5.74) is 3.24. The van der Waals surface area contributed by atoms with Gasteiger partial charge in [0.25, 0.3) is 0 Å². The molecule has 0 unspecified atom stereocenters. The zero-order valence-corrected chi connectivity index (χ0v) is 14.9. The van der Waals surface area contributed by atoms with Crippen molar-refractivity contribution in [3.8, 4) is 11.1 Å². The number of nitrogens with one attached hydrogen (secondary N) is 1. The molecule has 0 aromatic heterocycles. The van der Waals surface area contributed by atoms with Crippen LogP contribution in [0.1, 0.15) is 6.92 Å². The van der Waals surface area contributed by atoms with Crippen LogP contribution in [0.4, 0.5) is 5.69 Å². The van der Waals surface area contributed by atoms with Crippen molar-refractivity contribution < 1.29 is 4.57 Å². The number of anilines is 1. The van der Waals surface area contributed by atoms with Crippen LogP contribution in [0.5, 0.6) is 0 Å². The van der Waals surface area contributed by atoms with E-state index in [0.29, 0.717) is 0 Å². The van der Waals surface area contributed by atoms with Crippen molar-refractivity contribution >= 4 is 41.0 Å². The molecule has 1 N–H and O–H groups in total. The SMILES string of the molecule is CCNc1ccc2ccccc2c1-c1c(P=O)ccc2ccccc12. The van der Waals surface area contributed by atoms with Crippen LogP contribution in [0.25, 0.3) is 32.7 Å². The van der Waals surface area contributed by atoms with E-state index in [0.717, 1.165) is 39.4 Å². The van der Waals surface area contributed by atoms with Gasteiger partial charge < -0.3 is 5.32 Å². The molecule has 0 fully saturated rings. The van der Waals surface area contributed by atoms with E-state index in [1.807, 2.05) is 24.3 Å². The fourth-order valence-corrected chi connectivity index (χ4v) is 3.94. The Kier molecular flexibility index (Phi) is 4.21. The Hall–Kier alpha value is -2.70. The number of benzene rings is 4. The predicted molar refractivity (Wildman–Crippen MR) is 108 cm³/mol. The van der Waals surface area contributed by atoms with Gasteiger partial charge in [0, 0.05) is 23.4 Å². The highest BCUT2D eigenvalue weighted by Crippen LogP contribution is 2.39. The van der Waals surface area contributed by atoms with Crippen LogP contribution in [-0.2, 0) is 4.57 Å². The molecular formula is C22H18NOP. The van der Waals surface area contributed by atoms with Gasteiger partial charge >= 0.3 is 0 Å². The molecule has 0 heterocycles. The molecule has 0 radical (unpaired) electrons. The molecule has 0 saturated carbocycles. The fraction of sp³-hybridized carbons (Fsp3) is 0.0909. The second kappa shape index (κ2) is 6.66. The molecule has 25 heavy (non-hydrogen) atoms. The van der Waals surface area contributed by atoms with Crippen molar-refractivity contribution in [2.24, 2.45) is 0 Å². The highest BCUT2D eigenvalue weighted by Gasteiger charge is 2.16. The highest BCUT2D eigenvalue weighted by atomic mass is 31.1. The van der Waals surface area contributed by atoms with Gasteiger partial charge in [0.15, 0.2) is 8.46 Å². The van der Waals surface area contributed by atoms with E-state index in [1.165, 1.54) is 10.8 Å². The normalized spacial score (nSPS) is 11.2. The average molecular weight is 343 g/mol. The first-order chi connectivity index (χ1) is 12.3. The lowest BCUT2D eigenvalue weighted by Gasteiger charge is -2.17. The van der Waals surface area contributed by atoms with Crippen LogP contribution in [0.3, 0.4) is 0 Å². The molecule has 0 amide bonds. The molecule has 122 valence electrons. The first-order valence-electron chi connectivity index (χ1n) is 8.44. The van der Waals surface area contributed by atoms with Crippen LogP contribution >= 0.6 is 8.46 Å². The highest BCUT2D eigenvalue weighted by molar-refractivity contribution is 7.34. The standard InChI is InChI=1S/C22H18NOP/c1-2-23-19-13-11-15-7-3-5-9-17(15)21(19)22-18-10-6-4-8-16(18)12-14-20(22)25-24/h3-14,23H,2H2,1H3. The van der Waals surface area contributed by atoms with Gasteiger partial charge in [-0.1, -0.05) is 60.7 Å². The quantitative estimate of drug-likeness (QED) is 0.460. The lowest BCUT2D eigenvalue weighted by molar-refractivity contribution is 0.603. The topological polar surface area (TPSA) is 29.1 Å². The second-order valence-electron chi connectivity index (χ2n) is 6.01. The van der Waals surface area contributed by atoms with Crippen molar-refractivity contribution in [2.45, 2.75) is 6.92 Å². The summed E-state index contributed by atoms with van der Waals surface area (Å²) in [6.45, 7) is 2.93. The molecule has 0 aliphatic rings. The number of fused-ring (bicyclic) bond motifs is 2. The van der Waals surface area contributed by atoms with Crippen LogP contribution in [-0.4, -0.2) is 6.54 Å². The summed E-state index contributed by atoms with van der Waals surface area (Å²) >= 11 is 0. The summed E-state index contributed by atoms with van der Waals surface area (Å²) in [4.78, 5) is 0. The Labute approximate surface area is 148 Å². The maximum absolute atomic E-state index is 11.9. The molecule has 0 spiro atoms. The third-order valence-corrected chi connectivity index (χ3v) is 5.12. The Balaban J connectivity index is 2.19. The molecule has 0 aliphatic carbocycles. The molecule has 0 atom stereocenters. The zero-order valence-electron chi connectivity index (χ0n) is 14.0. The lowest BCUT2D eigenvalue weighted by atomic mass is 9.92. The van der Waals surface area contributed by atoms with E-state index in [4.69, 9.17) is 0 Å². The van der Waals surface area contributed by atoms with E-state index >= 15 is 0 Å². The Morgan fingerprint density at radius 2 is 1.36 bits per heavy atom. The van der Waals surface area contributed by atoms with Gasteiger partial charge in [-0.15, -0.1) is 0 Å². The number of rotatable bonds is 4. The lowest BCUT2D eigenvalue weighted by Crippen LogP contribution is -2.04. The first kappa shape index (κ1) is 15.8. The molecule has 3 heteroatoms. The Morgan fingerprint density at radius 1 is 0.760 bits per heavy atom. The van der Waals surface area contributed by atoms with E-state index in [2.05, 4.69) is 60.8 Å². The average Bonchev–Trinajstić information content (AvgIpc) is 2.67. The van der Waals surface area contributed by atoms with Gasteiger partial charge in [-0.05, 0) is 40.6 Å². The maximum Gasteiger partial charge on any atom is 0.192 e. The third kappa shape index (κ3) is 2.69. The smallest absolute Gasteiger partial charge is 0.192 e. The first-order valence-corrected chi connectivity index (χ1v) is 9.26. The molecule has 2 nitrogen and oxygen atoms in total. The number of hydrogen-bond acceptors (Lipinski definition) is 2. The molecule has 0 bridgehead atoms. The van der Waals surface area contributed by atoms with Crippen LogP contribution in [0.2, 0.25) is 0 Å². The molecule has 0 aliphatic heterocycles. The zero-order chi connectivity index (χ0) is 17.2. The number of hydrogen-bond donors (Lipinski definition) is 1. The van der Waals surface area contributed by atoms with Gasteiger partial charge in [-0.25, -0.2) is 0 Å². The van der Waals surface area contributed by atoms with E-state index in [1.54, 1.807) is 0 Å². The second-order valence-corrected chi connectivity index (χ2v) is 6.68. The van der Waals surface area contributed by atoms with Gasteiger partial charge in [0.1, 0.15) is 0 Å². The van der Waals surface area contributed by atoms with Crippen LogP contribution < -0.4 is 10.6 Å². The summed E-state index contributed by atoms with van der Waals surface area (Å²) in [5.74, 6) is 0. The Morgan fingerprint density at radius 3 is 2.00 bits per heavy atom. The molecule has 4 aromatic carbocycles. The minimum absolute atomic E-state index is 0.0361. The van der Waals surface area contributed by atoms with E-state index in [9.17, 15) is 4.57 Å². The predicted octanol–water partition coefficient (Wildman–Crippen LogP) is 6.01. The van der Waals surface area contributed by atoms with Crippen LogP contribution in [0.15, 0.2) is 72.8 Å². The fourth-order valence-electron chi connectivity index (χ4n) is 3.48. The molecule has 0 saturated heterocycles. The van der Waals surface area contributed by atoms with Gasteiger partial charge in [-0.3, -0.25) is 4.57 Å². The van der Waals surface area contributed by atoms with Crippen molar-refractivity contribution in [3.63, 3.8) is 0 Å². The van der Waals surface area contributed by atoms with E-state index in [-0.39, 0.29) is 8.46 Å². The van der Waals surface area contributed by atoms with Crippen LogP contribution in [0, 0.1) is 0 Å². The van der Waals surface area contributed by atoms with Crippen molar-refractivity contribution in [1.29, 1.82) is 0 Å². The summed E-state index contributed by atoms with van der Waals surface area (Å²) in [6, 6.07) is 24.9. The van der Waals surface area contributed by atoms with Crippen molar-refractivity contribution in [1.82, 2.24) is 0 Å². The molecule has 4 rings (SSSR count). The minimum Gasteiger partial charge on any atom is -0.385 e. The monoisotopic (exact) mass is 343 g/mol. The largest absolute Gasteiger partial charge is 0.385 e. The van der Waals surface area contributed by atoms with Gasteiger partial charge in [0.05, 0.1) is 5.30 Å². The van der Waals surface area contributed by atoms with Crippen molar-refractivity contribution in [3.05, 3.63) is 72.8 Å². The Bertz CT molecular complexity index is 1090. The summed E-state index contributed by atoms with van der Waals surface area (Å²) < 4.78 is 11.9. The van der Waals surface area contributed by atoms with Crippen molar-refractivity contribution in [2.75, 3.05) is 11.9 Å². The molecule has 4 aromatic rings. The van der Waals surface area contributed by atoms with E-state index < -0.39 is 0 Å². The van der Waals surface area contributed by atoms with Gasteiger partial charge in [-0.2, -0.15) is 0 Å². The maximum atomic E-state index is 11.9.